The van der Waals surface area contributed by atoms with Crippen LogP contribution in [-0.2, 0) is 9.59 Å². The van der Waals surface area contributed by atoms with E-state index in [-0.39, 0.29) is 27.4 Å². The van der Waals surface area contributed by atoms with Gasteiger partial charge in [0.25, 0.3) is 11.1 Å². The van der Waals surface area contributed by atoms with Gasteiger partial charge in [0.1, 0.15) is 6.54 Å². The van der Waals surface area contributed by atoms with Crippen molar-refractivity contribution in [3.05, 3.63) is 37.2 Å². The Morgan fingerprint density at radius 3 is 2.61 bits per heavy atom. The zero-order valence-corrected chi connectivity index (χ0v) is 17.0. The molecule has 1 aromatic rings. The molecule has 2 fully saturated rings. The van der Waals surface area contributed by atoms with Crippen LogP contribution in [-0.4, -0.2) is 56.5 Å². The molecule has 0 radical (unpaired) electrons. The molecular formula is C17H16BrN3O6S. The highest BCUT2D eigenvalue weighted by atomic mass is 79.9. The van der Waals surface area contributed by atoms with Crippen molar-refractivity contribution < 1.29 is 24.4 Å². The molecule has 11 heteroatoms. The molecule has 0 aromatic heterocycles. The first kappa shape index (κ1) is 20.3. The van der Waals surface area contributed by atoms with Gasteiger partial charge in [-0.15, -0.1) is 0 Å². The molecule has 3 amide bonds. The number of hydrogen-bond donors (Lipinski definition) is 1. The lowest BCUT2D eigenvalue weighted by molar-refractivity contribution is -0.386. The normalized spacial score (nSPS) is 18.8. The number of piperidine rings is 1. The topological polar surface area (TPSA) is 121 Å². The van der Waals surface area contributed by atoms with Crippen molar-refractivity contribution >= 4 is 56.5 Å². The van der Waals surface area contributed by atoms with Crippen molar-refractivity contribution in [2.45, 2.75) is 19.3 Å². The lowest BCUT2D eigenvalue weighted by Crippen LogP contribution is -2.44. The number of phenolic OH excluding ortho intramolecular Hbond substituents is 1. The van der Waals surface area contributed by atoms with Gasteiger partial charge in [0.15, 0.2) is 0 Å². The lowest BCUT2D eigenvalue weighted by atomic mass is 10.1. The number of carbonyl (C=O) groups excluding carboxylic acids is 3. The highest BCUT2D eigenvalue weighted by Crippen LogP contribution is 2.38. The molecule has 28 heavy (non-hydrogen) atoms. The summed E-state index contributed by atoms with van der Waals surface area (Å²) in [6.07, 6.45) is 4.19. The minimum Gasteiger partial charge on any atom is -0.501 e. The molecule has 0 bridgehead atoms. The zero-order chi connectivity index (χ0) is 20.4. The molecule has 2 aliphatic heterocycles. The molecule has 0 unspecified atom stereocenters. The van der Waals surface area contributed by atoms with Crippen LogP contribution in [0.4, 0.5) is 10.5 Å². The van der Waals surface area contributed by atoms with Crippen LogP contribution in [0, 0.1) is 10.1 Å². The van der Waals surface area contributed by atoms with Gasteiger partial charge < -0.3 is 10.0 Å². The Morgan fingerprint density at radius 1 is 1.29 bits per heavy atom. The van der Waals surface area contributed by atoms with Crippen LogP contribution in [0.25, 0.3) is 6.08 Å². The van der Waals surface area contributed by atoms with Crippen LogP contribution in [0.15, 0.2) is 21.5 Å². The molecule has 2 saturated heterocycles. The Morgan fingerprint density at radius 2 is 1.96 bits per heavy atom. The predicted molar refractivity (Wildman–Crippen MR) is 106 cm³/mol. The van der Waals surface area contributed by atoms with Gasteiger partial charge in [0.05, 0.1) is 14.3 Å². The number of nitro groups is 1. The molecule has 2 aliphatic rings. The van der Waals surface area contributed by atoms with Crippen molar-refractivity contribution in [2.75, 3.05) is 19.6 Å². The number of hydrogen-bond acceptors (Lipinski definition) is 7. The van der Waals surface area contributed by atoms with Crippen LogP contribution in [0.2, 0.25) is 0 Å². The van der Waals surface area contributed by atoms with Crippen LogP contribution in [0.3, 0.4) is 0 Å². The zero-order valence-electron chi connectivity index (χ0n) is 14.6. The van der Waals surface area contributed by atoms with Crippen molar-refractivity contribution in [1.29, 1.82) is 0 Å². The number of imide groups is 1. The molecule has 0 spiro atoms. The fourth-order valence-electron chi connectivity index (χ4n) is 2.99. The summed E-state index contributed by atoms with van der Waals surface area (Å²) in [6, 6.07) is 2.50. The minimum absolute atomic E-state index is 0.0586. The molecule has 1 N–H and O–H groups in total. The first-order valence-electron chi connectivity index (χ1n) is 8.48. The summed E-state index contributed by atoms with van der Waals surface area (Å²) in [7, 11) is 0. The number of aromatic hydroxyl groups is 1. The van der Waals surface area contributed by atoms with Crippen molar-refractivity contribution in [2.24, 2.45) is 0 Å². The number of carbonyl (C=O) groups is 3. The van der Waals surface area contributed by atoms with E-state index in [1.165, 1.54) is 12.1 Å². The monoisotopic (exact) mass is 469 g/mol. The first-order valence-corrected chi connectivity index (χ1v) is 10.1. The van der Waals surface area contributed by atoms with E-state index in [9.17, 15) is 29.6 Å². The van der Waals surface area contributed by atoms with E-state index in [2.05, 4.69) is 15.9 Å². The molecule has 1 aromatic carbocycles. The van der Waals surface area contributed by atoms with Crippen LogP contribution in [0.5, 0.6) is 5.75 Å². The van der Waals surface area contributed by atoms with E-state index in [1.807, 2.05) is 0 Å². The van der Waals surface area contributed by atoms with E-state index >= 15 is 0 Å². The van der Waals surface area contributed by atoms with Gasteiger partial charge in [-0.1, -0.05) is 0 Å². The van der Waals surface area contributed by atoms with E-state index < -0.39 is 27.5 Å². The Balaban J connectivity index is 1.79. The van der Waals surface area contributed by atoms with Crippen LogP contribution in [0.1, 0.15) is 24.8 Å². The number of nitro benzene ring substituents is 1. The number of benzene rings is 1. The third-order valence-electron chi connectivity index (χ3n) is 4.44. The van der Waals surface area contributed by atoms with E-state index in [0.717, 1.165) is 30.2 Å². The Kier molecular flexibility index (Phi) is 6.04. The summed E-state index contributed by atoms with van der Waals surface area (Å²) in [6.45, 7) is 0.924. The number of rotatable bonds is 4. The number of nitrogens with zero attached hydrogens (tertiary/aromatic N) is 3. The van der Waals surface area contributed by atoms with Crippen molar-refractivity contribution in [3.63, 3.8) is 0 Å². The summed E-state index contributed by atoms with van der Waals surface area (Å²) in [5, 5.41) is 20.2. The summed E-state index contributed by atoms with van der Waals surface area (Å²) in [4.78, 5) is 50.0. The van der Waals surface area contributed by atoms with Gasteiger partial charge in [0.2, 0.25) is 11.7 Å². The molecule has 148 valence electrons. The molecule has 0 saturated carbocycles. The Bertz CT molecular complexity index is 897. The van der Waals surface area contributed by atoms with E-state index in [1.54, 1.807) is 4.90 Å². The highest BCUT2D eigenvalue weighted by Gasteiger charge is 2.37. The maximum Gasteiger partial charge on any atom is 0.312 e. The average molecular weight is 470 g/mol. The summed E-state index contributed by atoms with van der Waals surface area (Å²) >= 11 is 3.70. The van der Waals surface area contributed by atoms with Gasteiger partial charge >= 0.3 is 5.69 Å². The average Bonchev–Trinajstić information content (AvgIpc) is 2.92. The third kappa shape index (κ3) is 4.20. The minimum atomic E-state index is -0.750. The molecule has 0 aliphatic carbocycles. The SMILES string of the molecule is O=C(CN1C(=O)SC(=Cc2cc(Br)c(O)c([N+](=O)[O-])c2)C1=O)N1CCCCC1. The molecule has 0 atom stereocenters. The van der Waals surface area contributed by atoms with Crippen molar-refractivity contribution in [1.82, 2.24) is 9.80 Å². The second-order valence-corrected chi connectivity index (χ2v) is 8.18. The molecular weight excluding hydrogens is 454 g/mol. The number of thioether (sulfide) groups is 1. The van der Waals surface area contributed by atoms with E-state index in [4.69, 9.17) is 0 Å². The first-order chi connectivity index (χ1) is 13.3. The van der Waals surface area contributed by atoms with E-state index in [0.29, 0.717) is 24.9 Å². The number of halogens is 1. The fourth-order valence-corrected chi connectivity index (χ4v) is 4.30. The van der Waals surface area contributed by atoms with Gasteiger partial charge in [-0.05, 0) is 64.7 Å². The standard InChI is InChI=1S/C17H16BrN3O6S/c18-11-6-10(7-12(15(11)23)21(26)27)8-13-16(24)20(17(25)28-13)9-14(22)19-4-2-1-3-5-19/h6-8,23H,1-5,9H2. The number of likely N-dealkylation sites (tertiary alicyclic amines) is 1. The fraction of sp³-hybridized carbons (Fsp3) is 0.353. The van der Waals surface area contributed by atoms with Gasteiger partial charge in [-0.2, -0.15) is 0 Å². The van der Waals surface area contributed by atoms with Crippen molar-refractivity contribution in [3.8, 4) is 5.75 Å². The summed E-state index contributed by atoms with van der Waals surface area (Å²) < 4.78 is 0.0902. The van der Waals surface area contributed by atoms with Gasteiger partial charge in [-0.3, -0.25) is 29.4 Å². The van der Waals surface area contributed by atoms with Crippen LogP contribution >= 0.6 is 27.7 Å². The maximum atomic E-state index is 12.6. The quantitative estimate of drug-likeness (QED) is 0.408. The lowest BCUT2D eigenvalue weighted by Gasteiger charge is -2.27. The summed E-state index contributed by atoms with van der Waals surface area (Å²) in [5.74, 6) is -1.42. The second kappa shape index (κ2) is 8.31. The van der Waals surface area contributed by atoms with Gasteiger partial charge in [0, 0.05) is 19.2 Å². The smallest absolute Gasteiger partial charge is 0.312 e. The largest absolute Gasteiger partial charge is 0.501 e. The molecule has 9 nitrogen and oxygen atoms in total. The highest BCUT2D eigenvalue weighted by molar-refractivity contribution is 9.10. The maximum absolute atomic E-state index is 12.6. The predicted octanol–water partition coefficient (Wildman–Crippen LogP) is 3.11. The summed E-state index contributed by atoms with van der Waals surface area (Å²) in [5.41, 5.74) is -0.260. The van der Waals surface area contributed by atoms with Gasteiger partial charge in [-0.25, -0.2) is 0 Å². The molecule has 3 rings (SSSR count). The molecule has 2 heterocycles. The number of amides is 3. The number of phenols is 1. The second-order valence-electron chi connectivity index (χ2n) is 6.34. The van der Waals surface area contributed by atoms with Crippen LogP contribution < -0.4 is 0 Å². The Labute approximate surface area is 172 Å². The Hall–Kier alpha value is -2.40. The third-order valence-corrected chi connectivity index (χ3v) is 5.95.